The molecule has 5 heteroatoms. The fraction of sp³-hybridized carbons (Fsp3) is 0.643. The second kappa shape index (κ2) is 5.55. The van der Waals surface area contributed by atoms with Gasteiger partial charge in [-0.15, -0.1) is 12.4 Å². The lowest BCUT2D eigenvalue weighted by Gasteiger charge is -2.24. The average molecular weight is 285 g/mol. The maximum atomic E-state index is 12.4. The van der Waals surface area contributed by atoms with E-state index in [1.54, 1.807) is 11.2 Å². The molecule has 1 atom stereocenters. The Morgan fingerprint density at radius 1 is 1.53 bits per heavy atom. The van der Waals surface area contributed by atoms with Crippen LogP contribution in [0.3, 0.4) is 0 Å². The highest BCUT2D eigenvalue weighted by Crippen LogP contribution is 2.59. The van der Waals surface area contributed by atoms with Crippen molar-refractivity contribution >= 4 is 18.3 Å². The van der Waals surface area contributed by atoms with Crippen molar-refractivity contribution in [3.8, 4) is 0 Å². The number of furan rings is 1. The molecule has 0 radical (unpaired) electrons. The summed E-state index contributed by atoms with van der Waals surface area (Å²) < 4.78 is 5.29. The molecule has 2 heterocycles. The number of carbonyl (C=O) groups is 1. The van der Waals surface area contributed by atoms with Gasteiger partial charge in [-0.2, -0.15) is 0 Å². The predicted octanol–water partition coefficient (Wildman–Crippen LogP) is 2.05. The number of hydrogen-bond acceptors (Lipinski definition) is 3. The van der Waals surface area contributed by atoms with Crippen LogP contribution in [-0.2, 0) is 11.3 Å². The summed E-state index contributed by atoms with van der Waals surface area (Å²) in [6.45, 7) is 2.70. The van der Waals surface area contributed by atoms with Gasteiger partial charge < -0.3 is 14.6 Å². The molecule has 1 saturated carbocycles. The zero-order valence-electron chi connectivity index (χ0n) is 11.2. The summed E-state index contributed by atoms with van der Waals surface area (Å²) in [5.74, 6) is 1.39. The summed E-state index contributed by atoms with van der Waals surface area (Å²) in [6, 6.07) is 3.77. The molecule has 3 rings (SSSR count). The molecule has 1 aliphatic heterocycles. The van der Waals surface area contributed by atoms with E-state index in [-0.39, 0.29) is 24.2 Å². The molecule has 1 aromatic heterocycles. The van der Waals surface area contributed by atoms with Gasteiger partial charge in [0.25, 0.3) is 0 Å². The van der Waals surface area contributed by atoms with Crippen LogP contribution in [0.15, 0.2) is 22.8 Å². The minimum absolute atomic E-state index is 0. The Labute approximate surface area is 119 Å². The van der Waals surface area contributed by atoms with Gasteiger partial charge in [0.2, 0.25) is 5.91 Å². The van der Waals surface area contributed by atoms with E-state index in [9.17, 15) is 4.79 Å². The first-order valence-electron chi connectivity index (χ1n) is 6.69. The monoisotopic (exact) mass is 284 g/mol. The molecule has 2 fully saturated rings. The van der Waals surface area contributed by atoms with Crippen molar-refractivity contribution in [2.75, 3.05) is 20.1 Å². The largest absolute Gasteiger partial charge is 0.467 e. The molecule has 1 N–H and O–H groups in total. The Morgan fingerprint density at radius 3 is 2.89 bits per heavy atom. The van der Waals surface area contributed by atoms with E-state index in [0.717, 1.165) is 38.1 Å². The number of hydrogen-bond donors (Lipinski definition) is 1. The van der Waals surface area contributed by atoms with E-state index in [1.807, 2.05) is 19.2 Å². The number of amides is 1. The lowest BCUT2D eigenvalue weighted by atomic mass is 9.91. The molecule has 0 aromatic carbocycles. The van der Waals surface area contributed by atoms with Gasteiger partial charge in [-0.1, -0.05) is 0 Å². The summed E-state index contributed by atoms with van der Waals surface area (Å²) in [5.41, 5.74) is 0.319. The van der Waals surface area contributed by atoms with E-state index in [2.05, 4.69) is 5.32 Å². The molecular weight excluding hydrogens is 264 g/mol. The highest BCUT2D eigenvalue weighted by Gasteiger charge is 2.58. The molecule has 106 valence electrons. The lowest BCUT2D eigenvalue weighted by molar-refractivity contribution is -0.133. The van der Waals surface area contributed by atoms with Gasteiger partial charge in [-0.3, -0.25) is 4.79 Å². The zero-order valence-corrected chi connectivity index (χ0v) is 12.0. The molecule has 0 bridgehead atoms. The smallest absolute Gasteiger partial charge is 0.226 e. The Hall–Kier alpha value is -1.00. The van der Waals surface area contributed by atoms with Crippen LogP contribution >= 0.6 is 12.4 Å². The van der Waals surface area contributed by atoms with Gasteiger partial charge in [0.1, 0.15) is 5.76 Å². The Kier molecular flexibility index (Phi) is 4.21. The third-order valence-electron chi connectivity index (χ3n) is 4.44. The van der Waals surface area contributed by atoms with Crippen LogP contribution in [0, 0.1) is 11.3 Å². The number of piperidine rings is 1. The Balaban J connectivity index is 0.00000133. The average Bonchev–Trinajstić information content (AvgIpc) is 2.84. The highest BCUT2D eigenvalue weighted by atomic mass is 35.5. The van der Waals surface area contributed by atoms with Gasteiger partial charge in [0.15, 0.2) is 0 Å². The maximum absolute atomic E-state index is 12.4. The molecule has 1 spiro atoms. The Morgan fingerprint density at radius 2 is 2.26 bits per heavy atom. The summed E-state index contributed by atoms with van der Waals surface area (Å²) in [6.07, 6.45) is 5.03. The fourth-order valence-corrected chi connectivity index (χ4v) is 3.15. The minimum atomic E-state index is 0. The predicted molar refractivity (Wildman–Crippen MR) is 75.1 cm³/mol. The molecule has 1 aromatic rings. The van der Waals surface area contributed by atoms with E-state index < -0.39 is 0 Å². The van der Waals surface area contributed by atoms with Gasteiger partial charge in [-0.25, -0.2) is 0 Å². The van der Waals surface area contributed by atoms with Crippen LogP contribution in [0.4, 0.5) is 0 Å². The van der Waals surface area contributed by atoms with Crippen LogP contribution < -0.4 is 5.32 Å². The topological polar surface area (TPSA) is 45.5 Å². The Bertz CT molecular complexity index is 427. The van der Waals surface area contributed by atoms with E-state index >= 15 is 0 Å². The van der Waals surface area contributed by atoms with Crippen molar-refractivity contribution < 1.29 is 9.21 Å². The van der Waals surface area contributed by atoms with Crippen molar-refractivity contribution in [3.63, 3.8) is 0 Å². The quantitative estimate of drug-likeness (QED) is 0.924. The van der Waals surface area contributed by atoms with Crippen LogP contribution in [0.25, 0.3) is 0 Å². The normalized spacial score (nSPS) is 23.7. The molecule has 1 amide bonds. The van der Waals surface area contributed by atoms with E-state index in [4.69, 9.17) is 4.42 Å². The molecular formula is C14H21ClN2O2. The van der Waals surface area contributed by atoms with Crippen molar-refractivity contribution in [1.82, 2.24) is 10.2 Å². The number of rotatable bonds is 3. The zero-order chi connectivity index (χ0) is 12.6. The third-order valence-corrected chi connectivity index (χ3v) is 4.44. The van der Waals surface area contributed by atoms with Crippen LogP contribution in [0.2, 0.25) is 0 Å². The number of halogens is 1. The van der Waals surface area contributed by atoms with Crippen LogP contribution in [0.5, 0.6) is 0 Å². The first-order chi connectivity index (χ1) is 8.71. The van der Waals surface area contributed by atoms with Crippen molar-refractivity contribution in [3.05, 3.63) is 24.2 Å². The van der Waals surface area contributed by atoms with Crippen molar-refractivity contribution in [2.45, 2.75) is 25.8 Å². The minimum Gasteiger partial charge on any atom is -0.467 e. The van der Waals surface area contributed by atoms with Crippen LogP contribution in [0.1, 0.15) is 25.0 Å². The maximum Gasteiger partial charge on any atom is 0.226 e. The molecule has 4 nitrogen and oxygen atoms in total. The number of nitrogens with one attached hydrogen (secondary N) is 1. The standard InChI is InChI=1S/C14H20N2O2.ClH/c1-16(10-11-3-2-8-18-11)13(17)12-9-14(12)4-6-15-7-5-14;/h2-3,8,12,15H,4-7,9-10H2,1H3;1H. The van der Waals surface area contributed by atoms with E-state index in [1.165, 1.54) is 0 Å². The second-order valence-electron chi connectivity index (χ2n) is 5.64. The summed E-state index contributed by atoms with van der Waals surface area (Å²) in [7, 11) is 1.87. The van der Waals surface area contributed by atoms with Crippen molar-refractivity contribution in [1.29, 1.82) is 0 Å². The van der Waals surface area contributed by atoms with Crippen molar-refractivity contribution in [2.24, 2.45) is 11.3 Å². The summed E-state index contributed by atoms with van der Waals surface area (Å²) in [4.78, 5) is 14.2. The third kappa shape index (κ3) is 2.79. The lowest BCUT2D eigenvalue weighted by Crippen LogP contribution is -2.34. The van der Waals surface area contributed by atoms with Gasteiger partial charge in [0.05, 0.1) is 12.8 Å². The van der Waals surface area contributed by atoms with Crippen LogP contribution in [-0.4, -0.2) is 30.9 Å². The van der Waals surface area contributed by atoms with Gasteiger partial charge >= 0.3 is 0 Å². The molecule has 2 aliphatic rings. The molecule has 19 heavy (non-hydrogen) atoms. The molecule has 1 unspecified atom stereocenters. The molecule has 1 saturated heterocycles. The number of nitrogens with zero attached hydrogens (tertiary/aromatic N) is 1. The summed E-state index contributed by atoms with van der Waals surface area (Å²) in [5, 5.41) is 3.37. The fourth-order valence-electron chi connectivity index (χ4n) is 3.15. The number of carbonyl (C=O) groups excluding carboxylic acids is 1. The second-order valence-corrected chi connectivity index (χ2v) is 5.64. The first kappa shape index (κ1) is 14.4. The van der Waals surface area contributed by atoms with Gasteiger partial charge in [-0.05, 0) is 49.9 Å². The van der Waals surface area contributed by atoms with Gasteiger partial charge in [0, 0.05) is 13.0 Å². The van der Waals surface area contributed by atoms with E-state index in [0.29, 0.717) is 12.0 Å². The highest BCUT2D eigenvalue weighted by molar-refractivity contribution is 5.85. The molecule has 1 aliphatic carbocycles. The SMILES string of the molecule is CN(Cc1ccco1)C(=O)C1CC12CCNCC2.Cl. The summed E-state index contributed by atoms with van der Waals surface area (Å²) >= 11 is 0. The first-order valence-corrected chi connectivity index (χ1v) is 6.69.